The number of allylic oxidation sites excluding steroid dienone is 1. The van der Waals surface area contributed by atoms with Crippen molar-refractivity contribution in [1.82, 2.24) is 9.38 Å². The normalized spacial score (nSPS) is 12.9. The molecule has 0 radical (unpaired) electrons. The van der Waals surface area contributed by atoms with Gasteiger partial charge in [-0.3, -0.25) is 4.99 Å². The summed E-state index contributed by atoms with van der Waals surface area (Å²) in [4.78, 5) is 8.58. The first-order valence-electron chi connectivity index (χ1n) is 10.0. The minimum atomic E-state index is -0.594. The summed E-state index contributed by atoms with van der Waals surface area (Å²) in [5, 5.41) is 0.00310. The van der Waals surface area contributed by atoms with Crippen LogP contribution in [0.2, 0.25) is 5.02 Å². The summed E-state index contributed by atoms with van der Waals surface area (Å²) in [6.45, 7) is 4.44. The Morgan fingerprint density at radius 2 is 2.03 bits per heavy atom. The van der Waals surface area contributed by atoms with Gasteiger partial charge in [0.05, 0.1) is 11.6 Å². The van der Waals surface area contributed by atoms with Gasteiger partial charge in [-0.1, -0.05) is 11.6 Å². The summed E-state index contributed by atoms with van der Waals surface area (Å²) in [6, 6.07) is 7.05. The van der Waals surface area contributed by atoms with Crippen molar-refractivity contribution in [3.63, 3.8) is 0 Å². The lowest BCUT2D eigenvalue weighted by Gasteiger charge is -2.15. The number of fused-ring (bicyclic) bond motifs is 1. The largest absolute Gasteiger partial charge is 0.489 e. The average molecular weight is 444 g/mol. The van der Waals surface area contributed by atoms with Crippen molar-refractivity contribution in [3.8, 4) is 16.9 Å². The van der Waals surface area contributed by atoms with Crippen LogP contribution < -0.4 is 16.2 Å². The highest BCUT2D eigenvalue weighted by atomic mass is 35.5. The fourth-order valence-corrected chi connectivity index (χ4v) is 3.63. The Balaban J connectivity index is 1.96. The molecule has 0 amide bonds. The number of imidazole rings is 1. The molecule has 4 N–H and O–H groups in total. The molecule has 0 aliphatic rings. The lowest BCUT2D eigenvalue weighted by molar-refractivity contribution is 0.307. The number of aromatic nitrogens is 2. The monoisotopic (exact) mass is 443 g/mol. The Bertz CT molecular complexity index is 1150. The maximum Gasteiger partial charge on any atom is 0.184 e. The summed E-state index contributed by atoms with van der Waals surface area (Å²) >= 11 is 6.05. The van der Waals surface area contributed by atoms with Crippen molar-refractivity contribution in [1.29, 1.82) is 0 Å². The smallest absolute Gasteiger partial charge is 0.184 e. The molecule has 2 aromatic heterocycles. The van der Waals surface area contributed by atoms with Gasteiger partial charge in [0.15, 0.2) is 11.6 Å². The van der Waals surface area contributed by atoms with Gasteiger partial charge in [0.25, 0.3) is 0 Å². The van der Waals surface area contributed by atoms with Crippen LogP contribution in [0.25, 0.3) is 16.8 Å². The van der Waals surface area contributed by atoms with E-state index in [9.17, 15) is 4.39 Å². The molecule has 6 nitrogen and oxygen atoms in total. The van der Waals surface area contributed by atoms with Crippen molar-refractivity contribution in [2.45, 2.75) is 26.7 Å². The second-order valence-electron chi connectivity index (χ2n) is 7.24. The Hall–Kier alpha value is -2.90. The summed E-state index contributed by atoms with van der Waals surface area (Å²) in [5.41, 5.74) is 17.2. The van der Waals surface area contributed by atoms with Crippen LogP contribution in [-0.2, 0) is 6.42 Å². The van der Waals surface area contributed by atoms with E-state index in [1.165, 1.54) is 6.07 Å². The van der Waals surface area contributed by atoms with Crippen LogP contribution >= 0.6 is 11.6 Å². The Morgan fingerprint density at radius 1 is 1.26 bits per heavy atom. The van der Waals surface area contributed by atoms with Gasteiger partial charge in [-0.15, -0.1) is 0 Å². The molecule has 1 aromatic carbocycles. The molecule has 3 rings (SSSR count). The quantitative estimate of drug-likeness (QED) is 0.505. The van der Waals surface area contributed by atoms with Crippen LogP contribution in [0, 0.1) is 5.82 Å². The van der Waals surface area contributed by atoms with E-state index < -0.39 is 5.82 Å². The fourth-order valence-electron chi connectivity index (χ4n) is 3.48. The zero-order chi connectivity index (χ0) is 22.5. The highest BCUT2D eigenvalue weighted by Crippen LogP contribution is 2.36. The van der Waals surface area contributed by atoms with Crippen molar-refractivity contribution in [2.24, 2.45) is 16.5 Å². The third-order valence-corrected chi connectivity index (χ3v) is 5.48. The van der Waals surface area contributed by atoms with Crippen LogP contribution in [0.3, 0.4) is 0 Å². The SMILES string of the molecule is CN=C(C)C(CCOc1c(-c2ccc3ncc(CCN)n3c2)ccc(Cl)c1F)=C(C)N. The summed E-state index contributed by atoms with van der Waals surface area (Å²) in [5.74, 6) is -0.490. The summed E-state index contributed by atoms with van der Waals surface area (Å²) in [6.07, 6.45) is 4.89. The molecule has 0 aliphatic heterocycles. The first kappa shape index (κ1) is 22.8. The highest BCUT2D eigenvalue weighted by molar-refractivity contribution is 6.31. The van der Waals surface area contributed by atoms with Crippen LogP contribution in [0.4, 0.5) is 4.39 Å². The number of ether oxygens (including phenoxy) is 1. The predicted octanol–water partition coefficient (Wildman–Crippen LogP) is 4.39. The molecule has 0 spiro atoms. The number of pyridine rings is 1. The van der Waals surface area contributed by atoms with E-state index in [1.54, 1.807) is 19.3 Å². The zero-order valence-corrected chi connectivity index (χ0v) is 18.7. The predicted molar refractivity (Wildman–Crippen MR) is 124 cm³/mol. The molecular weight excluding hydrogens is 417 g/mol. The number of benzene rings is 1. The van der Waals surface area contributed by atoms with Gasteiger partial charge in [-0.2, -0.15) is 0 Å². The Morgan fingerprint density at radius 3 is 2.71 bits per heavy atom. The minimum absolute atomic E-state index is 0.00310. The standard InChI is InChI=1S/C23H27ClFN5O/c1-14(27)18(15(2)28-3)9-11-31-23-19(5-6-20(24)22(23)25)16-4-7-21-29-12-17(8-10-26)30(21)13-16/h4-7,12-13H,8-11,26-27H2,1-3H3. The lowest BCUT2D eigenvalue weighted by atomic mass is 10.1. The number of rotatable bonds is 8. The van der Waals surface area contributed by atoms with Crippen molar-refractivity contribution < 1.29 is 9.13 Å². The van der Waals surface area contributed by atoms with E-state index in [1.807, 2.05) is 36.6 Å². The average Bonchev–Trinajstić information content (AvgIpc) is 3.15. The highest BCUT2D eigenvalue weighted by Gasteiger charge is 2.17. The van der Waals surface area contributed by atoms with Crippen molar-refractivity contribution in [3.05, 3.63) is 64.5 Å². The lowest BCUT2D eigenvalue weighted by Crippen LogP contribution is -2.11. The van der Waals surface area contributed by atoms with Crippen LogP contribution in [0.1, 0.15) is 26.0 Å². The number of hydrogen-bond acceptors (Lipinski definition) is 5. The fraction of sp³-hybridized carbons (Fsp3) is 0.304. The van der Waals surface area contributed by atoms with Gasteiger partial charge < -0.3 is 20.6 Å². The number of hydrogen-bond donors (Lipinski definition) is 2. The van der Waals surface area contributed by atoms with Crippen molar-refractivity contribution >= 4 is 23.0 Å². The van der Waals surface area contributed by atoms with Gasteiger partial charge in [-0.25, -0.2) is 9.37 Å². The van der Waals surface area contributed by atoms with Gasteiger partial charge >= 0.3 is 0 Å². The van der Waals surface area contributed by atoms with Gasteiger partial charge in [-0.05, 0) is 50.2 Å². The van der Waals surface area contributed by atoms with Crippen molar-refractivity contribution in [2.75, 3.05) is 20.2 Å². The second kappa shape index (κ2) is 9.94. The molecule has 0 aliphatic carbocycles. The molecule has 0 unspecified atom stereocenters. The molecule has 0 saturated carbocycles. The molecule has 3 aromatic rings. The van der Waals surface area contributed by atoms with Crippen LogP contribution in [0.15, 0.2) is 52.9 Å². The van der Waals surface area contributed by atoms with E-state index >= 15 is 0 Å². The Labute approximate surface area is 186 Å². The number of nitrogens with two attached hydrogens (primary N) is 2. The van der Waals surface area contributed by atoms with E-state index in [0.717, 1.165) is 28.2 Å². The zero-order valence-electron chi connectivity index (χ0n) is 18.0. The number of halogens is 2. The molecule has 164 valence electrons. The van der Waals surface area contributed by atoms with E-state index in [2.05, 4.69) is 9.98 Å². The summed E-state index contributed by atoms with van der Waals surface area (Å²) in [7, 11) is 1.71. The molecule has 0 saturated heterocycles. The molecule has 31 heavy (non-hydrogen) atoms. The van der Waals surface area contributed by atoms with Crippen LogP contribution in [0.5, 0.6) is 5.75 Å². The maximum atomic E-state index is 15.0. The van der Waals surface area contributed by atoms with E-state index in [-0.39, 0.29) is 17.4 Å². The molecule has 0 bridgehead atoms. The third kappa shape index (κ3) is 4.89. The third-order valence-electron chi connectivity index (χ3n) is 5.19. The first-order chi connectivity index (χ1) is 14.9. The topological polar surface area (TPSA) is 90.9 Å². The Kier molecular flexibility index (Phi) is 7.30. The minimum Gasteiger partial charge on any atom is -0.489 e. The second-order valence-corrected chi connectivity index (χ2v) is 7.65. The molecule has 0 atom stereocenters. The van der Waals surface area contributed by atoms with E-state index in [4.69, 9.17) is 27.8 Å². The van der Waals surface area contributed by atoms with E-state index in [0.29, 0.717) is 30.6 Å². The number of nitrogens with zero attached hydrogens (tertiary/aromatic N) is 3. The van der Waals surface area contributed by atoms with Crippen LogP contribution in [-0.4, -0.2) is 35.3 Å². The number of aliphatic imine (C=N–C) groups is 1. The van der Waals surface area contributed by atoms with Gasteiger partial charge in [0.2, 0.25) is 0 Å². The van der Waals surface area contributed by atoms with Gasteiger partial charge in [0, 0.05) is 60.5 Å². The molecule has 8 heteroatoms. The summed E-state index contributed by atoms with van der Waals surface area (Å²) < 4.78 is 22.8. The first-order valence-corrected chi connectivity index (χ1v) is 10.4. The molecule has 0 fully saturated rings. The van der Waals surface area contributed by atoms with Gasteiger partial charge in [0.1, 0.15) is 5.65 Å². The molecule has 2 heterocycles. The maximum absolute atomic E-state index is 15.0. The molecular formula is C23H27ClFN5O.